The molecule has 1 heterocycles. The fraction of sp³-hybridized carbons (Fsp3) is 0.667. The highest BCUT2D eigenvalue weighted by atomic mass is 16.4. The van der Waals surface area contributed by atoms with Crippen LogP contribution in [0.4, 0.5) is 0 Å². The average Bonchev–Trinajstić information content (AvgIpc) is 2.91. The third-order valence-corrected chi connectivity index (χ3v) is 4.12. The van der Waals surface area contributed by atoms with Crippen molar-refractivity contribution in [3.05, 3.63) is 17.5 Å². The number of rotatable bonds is 8. The van der Waals surface area contributed by atoms with E-state index in [0.717, 1.165) is 12.1 Å². The maximum Gasteiger partial charge on any atom is 0.311 e. The molecule has 0 aromatic carbocycles. The summed E-state index contributed by atoms with van der Waals surface area (Å²) in [7, 11) is 0. The van der Waals surface area contributed by atoms with E-state index in [1.54, 1.807) is 10.7 Å². The Kier molecular flexibility index (Phi) is 5.93. The first kappa shape index (κ1) is 17.2. The smallest absolute Gasteiger partial charge is 0.311 e. The molecule has 1 aromatic rings. The molecule has 0 atom stereocenters. The molecule has 1 rings (SSSR count). The third-order valence-electron chi connectivity index (χ3n) is 4.12. The summed E-state index contributed by atoms with van der Waals surface area (Å²) in [6.45, 7) is 8.29. The molecule has 21 heavy (non-hydrogen) atoms. The van der Waals surface area contributed by atoms with Crippen LogP contribution in [0.15, 0.2) is 6.07 Å². The number of hydrogen-bond donors (Lipinski definition) is 2. The molecule has 0 radical (unpaired) electrons. The zero-order valence-corrected chi connectivity index (χ0v) is 13.3. The van der Waals surface area contributed by atoms with Crippen LogP contribution in [0.2, 0.25) is 0 Å². The standard InChI is InChI=1S/C15H25N3O3/c1-5-11-9-12(18(8-4)17-11)13(19)16-10-15(6-2,7-3)14(20)21/h9H,5-8,10H2,1-4H3,(H,16,19)(H,20,21). The zero-order valence-electron chi connectivity index (χ0n) is 13.3. The van der Waals surface area contributed by atoms with Gasteiger partial charge in [-0.3, -0.25) is 14.3 Å². The number of nitrogens with zero attached hydrogens (tertiary/aromatic N) is 2. The molecular formula is C15H25N3O3. The fourth-order valence-corrected chi connectivity index (χ4v) is 2.28. The van der Waals surface area contributed by atoms with Gasteiger partial charge in [-0.1, -0.05) is 20.8 Å². The van der Waals surface area contributed by atoms with E-state index in [1.165, 1.54) is 0 Å². The Hall–Kier alpha value is -1.85. The molecule has 6 nitrogen and oxygen atoms in total. The summed E-state index contributed by atoms with van der Waals surface area (Å²) in [5.41, 5.74) is 0.443. The van der Waals surface area contributed by atoms with Gasteiger partial charge in [-0.05, 0) is 32.3 Å². The minimum Gasteiger partial charge on any atom is -0.481 e. The molecule has 2 N–H and O–H groups in total. The van der Waals surface area contributed by atoms with Crippen LogP contribution in [0.1, 0.15) is 56.7 Å². The number of amides is 1. The molecular weight excluding hydrogens is 270 g/mol. The van der Waals surface area contributed by atoms with Crippen LogP contribution in [0.25, 0.3) is 0 Å². The molecule has 0 aliphatic heterocycles. The molecule has 0 aliphatic carbocycles. The number of aryl methyl sites for hydroxylation is 2. The van der Waals surface area contributed by atoms with Crippen molar-refractivity contribution >= 4 is 11.9 Å². The number of carboxylic acid groups (broad SMARTS) is 1. The lowest BCUT2D eigenvalue weighted by Crippen LogP contribution is -2.42. The summed E-state index contributed by atoms with van der Waals surface area (Å²) in [5, 5.41) is 16.5. The first-order valence-electron chi connectivity index (χ1n) is 7.52. The summed E-state index contributed by atoms with van der Waals surface area (Å²) in [5.74, 6) is -1.14. The second kappa shape index (κ2) is 7.24. The van der Waals surface area contributed by atoms with Crippen molar-refractivity contribution in [1.29, 1.82) is 0 Å². The highest BCUT2D eigenvalue weighted by molar-refractivity contribution is 5.93. The molecule has 0 saturated heterocycles. The summed E-state index contributed by atoms with van der Waals surface area (Å²) >= 11 is 0. The van der Waals surface area contributed by atoms with Gasteiger partial charge in [0.2, 0.25) is 0 Å². The second-order valence-electron chi connectivity index (χ2n) is 5.17. The van der Waals surface area contributed by atoms with Gasteiger partial charge in [-0.2, -0.15) is 5.10 Å². The maximum absolute atomic E-state index is 12.3. The van der Waals surface area contributed by atoms with Crippen LogP contribution in [-0.2, 0) is 17.8 Å². The highest BCUT2D eigenvalue weighted by Gasteiger charge is 2.35. The molecule has 118 valence electrons. The van der Waals surface area contributed by atoms with E-state index in [1.807, 2.05) is 27.7 Å². The minimum absolute atomic E-state index is 0.129. The van der Waals surface area contributed by atoms with Gasteiger partial charge >= 0.3 is 5.97 Å². The fourth-order valence-electron chi connectivity index (χ4n) is 2.28. The summed E-state index contributed by atoms with van der Waals surface area (Å²) in [6, 6.07) is 1.76. The van der Waals surface area contributed by atoms with Crippen LogP contribution in [0, 0.1) is 5.41 Å². The van der Waals surface area contributed by atoms with Gasteiger partial charge in [0.25, 0.3) is 5.91 Å². The molecule has 0 saturated carbocycles. The van der Waals surface area contributed by atoms with Crippen LogP contribution in [-0.4, -0.2) is 33.3 Å². The van der Waals surface area contributed by atoms with E-state index in [4.69, 9.17) is 0 Å². The average molecular weight is 295 g/mol. The molecule has 0 spiro atoms. The van der Waals surface area contributed by atoms with Crippen molar-refractivity contribution in [2.45, 2.75) is 53.5 Å². The van der Waals surface area contributed by atoms with Crippen molar-refractivity contribution in [1.82, 2.24) is 15.1 Å². The lowest BCUT2D eigenvalue weighted by molar-refractivity contribution is -0.149. The summed E-state index contributed by atoms with van der Waals surface area (Å²) in [6.07, 6.45) is 1.72. The van der Waals surface area contributed by atoms with Gasteiger partial charge in [0, 0.05) is 13.1 Å². The molecule has 0 fully saturated rings. The van der Waals surface area contributed by atoms with Gasteiger partial charge in [-0.25, -0.2) is 0 Å². The number of carbonyl (C=O) groups is 2. The quantitative estimate of drug-likeness (QED) is 0.769. The predicted octanol–water partition coefficient (Wildman–Crippen LogP) is 2.09. The Bertz CT molecular complexity index is 504. The highest BCUT2D eigenvalue weighted by Crippen LogP contribution is 2.25. The maximum atomic E-state index is 12.3. The van der Waals surface area contributed by atoms with Crippen molar-refractivity contribution in [2.75, 3.05) is 6.54 Å². The van der Waals surface area contributed by atoms with Gasteiger partial charge in [0.05, 0.1) is 11.1 Å². The lowest BCUT2D eigenvalue weighted by Gasteiger charge is -2.26. The van der Waals surface area contributed by atoms with E-state index in [9.17, 15) is 14.7 Å². The molecule has 1 aromatic heterocycles. The second-order valence-corrected chi connectivity index (χ2v) is 5.17. The summed E-state index contributed by atoms with van der Waals surface area (Å²) in [4.78, 5) is 23.7. The predicted molar refractivity (Wildman–Crippen MR) is 80.3 cm³/mol. The van der Waals surface area contributed by atoms with Crippen LogP contribution in [0.3, 0.4) is 0 Å². The van der Waals surface area contributed by atoms with E-state index < -0.39 is 11.4 Å². The third kappa shape index (κ3) is 3.62. The summed E-state index contributed by atoms with van der Waals surface area (Å²) < 4.78 is 1.65. The molecule has 6 heteroatoms. The number of carbonyl (C=O) groups excluding carboxylic acids is 1. The molecule has 0 unspecified atom stereocenters. The van der Waals surface area contributed by atoms with Gasteiger partial charge in [0.15, 0.2) is 0 Å². The van der Waals surface area contributed by atoms with Crippen molar-refractivity contribution in [2.24, 2.45) is 5.41 Å². The van der Waals surface area contributed by atoms with Crippen molar-refractivity contribution in [3.8, 4) is 0 Å². The minimum atomic E-state index is -0.902. The van der Waals surface area contributed by atoms with E-state index in [0.29, 0.717) is 25.1 Å². The normalized spacial score (nSPS) is 11.4. The first-order chi connectivity index (χ1) is 9.93. The first-order valence-corrected chi connectivity index (χ1v) is 7.52. The SMILES string of the molecule is CCc1cc(C(=O)NCC(CC)(CC)C(=O)O)n(CC)n1. The molecule has 0 aliphatic rings. The Labute approximate surface area is 125 Å². The monoisotopic (exact) mass is 295 g/mol. The van der Waals surface area contributed by atoms with Gasteiger partial charge in [0.1, 0.15) is 5.69 Å². The van der Waals surface area contributed by atoms with Crippen LogP contribution < -0.4 is 5.32 Å². The van der Waals surface area contributed by atoms with E-state index >= 15 is 0 Å². The van der Waals surface area contributed by atoms with Crippen molar-refractivity contribution in [3.63, 3.8) is 0 Å². The number of carboxylic acids is 1. The van der Waals surface area contributed by atoms with Crippen LogP contribution in [0.5, 0.6) is 0 Å². The van der Waals surface area contributed by atoms with Crippen LogP contribution >= 0.6 is 0 Å². The Morgan fingerprint density at radius 1 is 1.29 bits per heavy atom. The van der Waals surface area contributed by atoms with Gasteiger partial charge < -0.3 is 10.4 Å². The van der Waals surface area contributed by atoms with E-state index in [2.05, 4.69) is 10.4 Å². The Balaban J connectivity index is 2.86. The Morgan fingerprint density at radius 3 is 2.33 bits per heavy atom. The lowest BCUT2D eigenvalue weighted by atomic mass is 9.82. The molecule has 1 amide bonds. The van der Waals surface area contributed by atoms with Gasteiger partial charge in [-0.15, -0.1) is 0 Å². The topological polar surface area (TPSA) is 84.2 Å². The number of hydrogen-bond acceptors (Lipinski definition) is 3. The number of aromatic nitrogens is 2. The largest absolute Gasteiger partial charge is 0.481 e. The zero-order chi connectivity index (χ0) is 16.0. The van der Waals surface area contributed by atoms with Crippen molar-refractivity contribution < 1.29 is 14.7 Å². The van der Waals surface area contributed by atoms with E-state index in [-0.39, 0.29) is 12.5 Å². The Morgan fingerprint density at radius 2 is 1.90 bits per heavy atom. The number of nitrogens with one attached hydrogen (secondary N) is 1. The molecule has 0 bridgehead atoms. The number of aliphatic carboxylic acids is 1.